The number of non-ortho nitro benzene ring substituents is 1. The van der Waals surface area contributed by atoms with E-state index < -0.39 is 4.92 Å². The second-order valence-corrected chi connectivity index (χ2v) is 6.38. The van der Waals surface area contributed by atoms with Crippen LogP contribution in [0.1, 0.15) is 25.7 Å². The smallest absolute Gasteiger partial charge is 0.270 e. The molecule has 1 aliphatic carbocycles. The van der Waals surface area contributed by atoms with Crippen LogP contribution in [0.4, 0.5) is 11.4 Å². The van der Waals surface area contributed by atoms with Gasteiger partial charge in [0.25, 0.3) is 5.69 Å². The topological polar surface area (TPSA) is 75.5 Å². The summed E-state index contributed by atoms with van der Waals surface area (Å²) in [7, 11) is 0. The van der Waals surface area contributed by atoms with Gasteiger partial charge in [0, 0.05) is 29.2 Å². The summed E-state index contributed by atoms with van der Waals surface area (Å²) in [6.45, 7) is 0.791. The van der Waals surface area contributed by atoms with Gasteiger partial charge in [-0.25, -0.2) is 0 Å². The monoisotopic (exact) mass is 353 g/mol. The third-order valence-corrected chi connectivity index (χ3v) is 4.57. The molecule has 1 saturated heterocycles. The Kier molecular flexibility index (Phi) is 3.84. The van der Waals surface area contributed by atoms with E-state index >= 15 is 0 Å². The van der Waals surface area contributed by atoms with Crippen molar-refractivity contribution in [2.24, 2.45) is 0 Å². The van der Waals surface area contributed by atoms with Crippen LogP contribution in [-0.2, 0) is 4.79 Å². The minimum absolute atomic E-state index is 0.0452. The Hall–Kier alpha value is -1.63. The molecule has 1 amide bonds. The van der Waals surface area contributed by atoms with Crippen LogP contribution in [-0.4, -0.2) is 29.5 Å². The fraction of sp³-hybridized carbons (Fsp3) is 0.500. The zero-order chi connectivity index (χ0) is 15.0. The summed E-state index contributed by atoms with van der Waals surface area (Å²) in [5, 5.41) is 13.8. The van der Waals surface area contributed by atoms with Crippen molar-refractivity contribution in [2.75, 3.05) is 11.4 Å². The summed E-state index contributed by atoms with van der Waals surface area (Å²) in [6.07, 6.45) is 3.91. The standard InChI is InChI=1S/C14H16BrN3O3/c15-11-8-10(18(20)21)5-6-12(11)17-7-1-2-13(17)14(19)16-9-3-4-9/h5-6,8-9,13H,1-4,7H2,(H,16,19). The molecule has 2 fully saturated rings. The first-order valence-electron chi connectivity index (χ1n) is 7.07. The molecule has 3 rings (SSSR count). The molecule has 1 unspecified atom stereocenters. The maximum atomic E-state index is 12.3. The number of rotatable bonds is 4. The quantitative estimate of drug-likeness (QED) is 0.666. The average Bonchev–Trinajstić information content (AvgIpc) is 3.12. The Morgan fingerprint density at radius 2 is 2.14 bits per heavy atom. The summed E-state index contributed by atoms with van der Waals surface area (Å²) in [5.41, 5.74) is 0.887. The van der Waals surface area contributed by atoms with Gasteiger partial charge in [-0.15, -0.1) is 0 Å². The van der Waals surface area contributed by atoms with Crippen LogP contribution < -0.4 is 10.2 Å². The molecule has 2 aliphatic rings. The van der Waals surface area contributed by atoms with Gasteiger partial charge < -0.3 is 10.2 Å². The van der Waals surface area contributed by atoms with Crippen LogP contribution in [0.25, 0.3) is 0 Å². The van der Waals surface area contributed by atoms with Gasteiger partial charge in [0.2, 0.25) is 5.91 Å². The first-order valence-corrected chi connectivity index (χ1v) is 7.86. The number of halogens is 1. The number of carbonyl (C=O) groups is 1. The minimum atomic E-state index is -0.421. The van der Waals surface area contributed by atoms with Crippen LogP contribution in [0.2, 0.25) is 0 Å². The highest BCUT2D eigenvalue weighted by Crippen LogP contribution is 2.35. The van der Waals surface area contributed by atoms with E-state index in [0.29, 0.717) is 10.5 Å². The molecule has 0 spiro atoms. The average molecular weight is 354 g/mol. The zero-order valence-electron chi connectivity index (χ0n) is 11.4. The van der Waals surface area contributed by atoms with E-state index in [1.54, 1.807) is 6.07 Å². The number of nitro groups is 1. The highest BCUT2D eigenvalue weighted by atomic mass is 79.9. The number of nitro benzene ring substituents is 1. The number of hydrogen-bond acceptors (Lipinski definition) is 4. The fourth-order valence-electron chi connectivity index (χ4n) is 2.69. The van der Waals surface area contributed by atoms with Crippen LogP contribution in [0.5, 0.6) is 0 Å². The molecule has 0 bridgehead atoms. The molecule has 1 atom stereocenters. The second-order valence-electron chi connectivity index (χ2n) is 5.53. The predicted octanol–water partition coefficient (Wildman–Crippen LogP) is 2.60. The van der Waals surface area contributed by atoms with Gasteiger partial charge >= 0.3 is 0 Å². The van der Waals surface area contributed by atoms with Crippen molar-refractivity contribution in [2.45, 2.75) is 37.8 Å². The molecular weight excluding hydrogens is 338 g/mol. The first-order chi connectivity index (χ1) is 10.1. The van der Waals surface area contributed by atoms with Crippen molar-refractivity contribution < 1.29 is 9.72 Å². The molecule has 112 valence electrons. The Labute approximate surface area is 130 Å². The molecule has 21 heavy (non-hydrogen) atoms. The van der Waals surface area contributed by atoms with E-state index in [2.05, 4.69) is 21.2 Å². The Bertz CT molecular complexity index is 589. The Balaban J connectivity index is 1.80. The number of carbonyl (C=O) groups excluding carboxylic acids is 1. The third-order valence-electron chi connectivity index (χ3n) is 3.93. The molecule has 1 heterocycles. The van der Waals surface area contributed by atoms with E-state index in [9.17, 15) is 14.9 Å². The minimum Gasteiger partial charge on any atom is -0.359 e. The van der Waals surface area contributed by atoms with Crippen molar-refractivity contribution in [1.29, 1.82) is 0 Å². The van der Waals surface area contributed by atoms with Gasteiger partial charge in [-0.1, -0.05) is 0 Å². The van der Waals surface area contributed by atoms with Crippen LogP contribution in [0.3, 0.4) is 0 Å². The number of nitrogens with zero attached hydrogens (tertiary/aromatic N) is 2. The highest BCUT2D eigenvalue weighted by Gasteiger charge is 2.35. The van der Waals surface area contributed by atoms with Crippen molar-refractivity contribution in [3.8, 4) is 0 Å². The molecule has 7 heteroatoms. The maximum Gasteiger partial charge on any atom is 0.270 e. The maximum absolute atomic E-state index is 12.3. The van der Waals surface area contributed by atoms with Gasteiger partial charge in [-0.3, -0.25) is 14.9 Å². The molecule has 1 aliphatic heterocycles. The number of amides is 1. The number of benzene rings is 1. The van der Waals surface area contributed by atoms with Gasteiger partial charge in [-0.2, -0.15) is 0 Å². The van der Waals surface area contributed by atoms with Crippen LogP contribution >= 0.6 is 15.9 Å². The lowest BCUT2D eigenvalue weighted by atomic mass is 10.2. The lowest BCUT2D eigenvalue weighted by molar-refractivity contribution is -0.384. The largest absolute Gasteiger partial charge is 0.359 e. The molecule has 1 aromatic carbocycles. The van der Waals surface area contributed by atoms with Gasteiger partial charge in [0.15, 0.2) is 0 Å². The summed E-state index contributed by atoms with van der Waals surface area (Å²) in [6, 6.07) is 4.85. The summed E-state index contributed by atoms with van der Waals surface area (Å²) in [4.78, 5) is 24.7. The highest BCUT2D eigenvalue weighted by molar-refractivity contribution is 9.10. The number of nitrogens with one attached hydrogen (secondary N) is 1. The van der Waals surface area contributed by atoms with Crippen molar-refractivity contribution in [3.05, 3.63) is 32.8 Å². The van der Waals surface area contributed by atoms with Gasteiger partial charge in [0.1, 0.15) is 6.04 Å². The Morgan fingerprint density at radius 1 is 1.38 bits per heavy atom. The summed E-state index contributed by atoms with van der Waals surface area (Å²) < 4.78 is 0.655. The SMILES string of the molecule is O=C(NC1CC1)C1CCCN1c1ccc([N+](=O)[O-])cc1Br. The van der Waals surface area contributed by atoms with Crippen LogP contribution in [0.15, 0.2) is 22.7 Å². The van der Waals surface area contributed by atoms with Gasteiger partial charge in [-0.05, 0) is 47.7 Å². The van der Waals surface area contributed by atoms with E-state index in [0.717, 1.165) is 37.9 Å². The molecule has 1 aromatic rings. The van der Waals surface area contributed by atoms with Crippen molar-refractivity contribution in [1.82, 2.24) is 5.32 Å². The molecule has 0 radical (unpaired) electrons. The van der Waals surface area contributed by atoms with Crippen LogP contribution in [0, 0.1) is 10.1 Å². The Morgan fingerprint density at radius 3 is 2.76 bits per heavy atom. The lowest BCUT2D eigenvalue weighted by Gasteiger charge is -2.26. The molecule has 1 saturated carbocycles. The normalized spacial score (nSPS) is 21.4. The molecule has 0 aromatic heterocycles. The van der Waals surface area contributed by atoms with E-state index in [4.69, 9.17) is 0 Å². The molecule has 6 nitrogen and oxygen atoms in total. The van der Waals surface area contributed by atoms with E-state index in [1.807, 2.05) is 4.90 Å². The molecule has 1 N–H and O–H groups in total. The fourth-order valence-corrected chi connectivity index (χ4v) is 3.29. The second kappa shape index (κ2) is 5.63. The number of anilines is 1. The zero-order valence-corrected chi connectivity index (χ0v) is 13.0. The summed E-state index contributed by atoms with van der Waals surface area (Å²) >= 11 is 3.39. The predicted molar refractivity (Wildman–Crippen MR) is 82.3 cm³/mol. The van der Waals surface area contributed by atoms with E-state index in [1.165, 1.54) is 12.1 Å². The third kappa shape index (κ3) is 3.02. The lowest BCUT2D eigenvalue weighted by Crippen LogP contribution is -2.44. The van der Waals surface area contributed by atoms with Gasteiger partial charge in [0.05, 0.1) is 10.6 Å². The summed E-state index contributed by atoms with van der Waals surface area (Å²) in [5.74, 6) is 0.0697. The first kappa shape index (κ1) is 14.3. The number of hydrogen-bond donors (Lipinski definition) is 1. The van der Waals surface area contributed by atoms with Crippen molar-refractivity contribution in [3.63, 3.8) is 0 Å². The molecular formula is C14H16BrN3O3. The van der Waals surface area contributed by atoms with E-state index in [-0.39, 0.29) is 17.6 Å². The van der Waals surface area contributed by atoms with Crippen molar-refractivity contribution >= 4 is 33.2 Å².